The van der Waals surface area contributed by atoms with E-state index >= 15 is 0 Å². The van der Waals surface area contributed by atoms with Crippen molar-refractivity contribution in [2.24, 2.45) is 0 Å². The van der Waals surface area contributed by atoms with Crippen LogP contribution in [-0.4, -0.2) is 95.3 Å². The first-order valence-corrected chi connectivity index (χ1v) is 22.5. The number of quaternary nitrogens is 1. The van der Waals surface area contributed by atoms with E-state index in [9.17, 15) is 23.8 Å². The number of carbonyl (C=O) groups is 3. The second-order valence-corrected chi connectivity index (χ2v) is 17.1. The van der Waals surface area contributed by atoms with Crippen molar-refractivity contribution < 1.29 is 56.3 Å². The van der Waals surface area contributed by atoms with Crippen LogP contribution in [0.15, 0.2) is 12.2 Å². The van der Waals surface area contributed by atoms with Crippen LogP contribution in [0.2, 0.25) is 0 Å². The zero-order valence-electron chi connectivity index (χ0n) is 34.4. The first-order chi connectivity index (χ1) is 25.9. The number of rotatable bonds is 36. The van der Waals surface area contributed by atoms with E-state index in [1.165, 1.54) is 63.9 Å². The molecule has 1 saturated heterocycles. The summed E-state index contributed by atoms with van der Waals surface area (Å²) in [5.74, 6) is -0.924. The number of hydrogen-bond donors (Lipinski definition) is 0. The maximum atomic E-state index is 12.7. The number of nitrogens with zero attached hydrogens (tertiary/aromatic N) is 1. The minimum absolute atomic E-state index is 0.0547. The third kappa shape index (κ3) is 31.5. The van der Waals surface area contributed by atoms with E-state index in [0.717, 1.165) is 76.9 Å². The van der Waals surface area contributed by atoms with Crippen LogP contribution >= 0.6 is 7.82 Å². The molecule has 0 aromatic heterocycles. The molecule has 1 aliphatic rings. The third-order valence-electron chi connectivity index (χ3n) is 9.38. The second-order valence-electron chi connectivity index (χ2n) is 15.7. The fourth-order valence-electron chi connectivity index (χ4n) is 6.08. The summed E-state index contributed by atoms with van der Waals surface area (Å²) < 4.78 is 45.5. The highest BCUT2D eigenvalue weighted by Crippen LogP contribution is 2.38. The van der Waals surface area contributed by atoms with Crippen molar-refractivity contribution in [3.63, 3.8) is 0 Å². The Labute approximate surface area is 327 Å². The minimum atomic E-state index is -4.66. The molecule has 13 heteroatoms. The van der Waals surface area contributed by atoms with Crippen LogP contribution in [0.1, 0.15) is 161 Å². The maximum absolute atomic E-state index is 12.7. The minimum Gasteiger partial charge on any atom is -0.756 e. The average Bonchev–Trinajstić information content (AvgIpc) is 3.12. The Morgan fingerprint density at radius 3 is 1.93 bits per heavy atom. The molecule has 0 N–H and O–H groups in total. The number of allylic oxidation sites excluding steroid dienone is 1. The molecule has 0 bridgehead atoms. The summed E-state index contributed by atoms with van der Waals surface area (Å²) in [7, 11) is 1.08. The number of carbonyl (C=O) groups excluding carboxylic acids is 3. The van der Waals surface area contributed by atoms with Gasteiger partial charge in [0.15, 0.2) is 12.4 Å². The fraction of sp³-hybridized carbons (Fsp3) is 0.878. The molecular formula is C41H76NO11P. The van der Waals surface area contributed by atoms with Crippen molar-refractivity contribution in [2.75, 3.05) is 54.1 Å². The first kappa shape index (κ1) is 50.4. The Morgan fingerprint density at radius 2 is 1.37 bits per heavy atom. The van der Waals surface area contributed by atoms with E-state index in [0.29, 0.717) is 30.5 Å². The van der Waals surface area contributed by atoms with Crippen molar-refractivity contribution in [1.29, 1.82) is 0 Å². The van der Waals surface area contributed by atoms with Gasteiger partial charge in [0.2, 0.25) is 0 Å². The summed E-state index contributed by atoms with van der Waals surface area (Å²) >= 11 is 0. The lowest BCUT2D eigenvalue weighted by Gasteiger charge is -2.28. The van der Waals surface area contributed by atoms with E-state index in [1.54, 1.807) is 6.08 Å². The summed E-state index contributed by atoms with van der Waals surface area (Å²) in [4.78, 5) is 48.4. The SMILES string of the molecule is CCCCCCCCCCCCCCCC(=O)OC[C@@H](COP(=O)([O-])OCC[N+](C)(C)C)OC(=O)CCCCCCCC(/C=C/C=O)OC1CCCCO1. The van der Waals surface area contributed by atoms with Gasteiger partial charge in [0, 0.05) is 19.4 Å². The molecular weight excluding hydrogens is 713 g/mol. The number of ether oxygens (including phenoxy) is 4. The van der Waals surface area contributed by atoms with Crippen molar-refractivity contribution in [3.05, 3.63) is 12.2 Å². The number of unbranched alkanes of at least 4 members (excludes halogenated alkanes) is 16. The average molecular weight is 790 g/mol. The molecule has 0 aromatic carbocycles. The van der Waals surface area contributed by atoms with Crippen LogP contribution < -0.4 is 4.89 Å². The smallest absolute Gasteiger partial charge is 0.306 e. The molecule has 3 unspecified atom stereocenters. The summed E-state index contributed by atoms with van der Waals surface area (Å²) in [6.45, 7) is 2.53. The molecule has 0 aromatic rings. The topological polar surface area (TPSA) is 147 Å². The van der Waals surface area contributed by atoms with Gasteiger partial charge >= 0.3 is 11.9 Å². The number of phosphoric ester groups is 1. The Hall–Kier alpha value is -1.66. The summed E-state index contributed by atoms with van der Waals surface area (Å²) in [5, 5.41) is 0. The second kappa shape index (κ2) is 32.4. The highest BCUT2D eigenvalue weighted by molar-refractivity contribution is 7.45. The molecule has 4 atom stereocenters. The Bertz CT molecular complexity index is 1030. The Kier molecular flexibility index (Phi) is 30.2. The molecule has 0 radical (unpaired) electrons. The zero-order chi connectivity index (χ0) is 39.8. The number of hydrogen-bond acceptors (Lipinski definition) is 11. The van der Waals surface area contributed by atoms with Crippen LogP contribution in [0.25, 0.3) is 0 Å². The van der Waals surface area contributed by atoms with Crippen LogP contribution in [0.3, 0.4) is 0 Å². The normalized spacial score (nSPS) is 17.2. The maximum Gasteiger partial charge on any atom is 0.306 e. The van der Waals surface area contributed by atoms with Gasteiger partial charge in [-0.1, -0.05) is 116 Å². The predicted octanol–water partition coefficient (Wildman–Crippen LogP) is 8.53. The lowest BCUT2D eigenvalue weighted by molar-refractivity contribution is -0.870. The molecule has 0 spiro atoms. The molecule has 1 heterocycles. The molecule has 0 aliphatic carbocycles. The van der Waals surface area contributed by atoms with Gasteiger partial charge in [0.25, 0.3) is 7.82 Å². The van der Waals surface area contributed by atoms with Gasteiger partial charge in [-0.3, -0.25) is 18.9 Å². The van der Waals surface area contributed by atoms with E-state index in [-0.39, 0.29) is 38.4 Å². The van der Waals surface area contributed by atoms with E-state index in [2.05, 4.69) is 6.92 Å². The monoisotopic (exact) mass is 790 g/mol. The van der Waals surface area contributed by atoms with E-state index in [4.69, 9.17) is 28.0 Å². The van der Waals surface area contributed by atoms with Gasteiger partial charge in [-0.15, -0.1) is 0 Å². The molecule has 12 nitrogen and oxygen atoms in total. The molecule has 1 fully saturated rings. The lowest BCUT2D eigenvalue weighted by atomic mass is 10.0. The highest BCUT2D eigenvalue weighted by Gasteiger charge is 2.22. The van der Waals surface area contributed by atoms with Crippen LogP contribution in [0.4, 0.5) is 0 Å². The lowest BCUT2D eigenvalue weighted by Crippen LogP contribution is -2.37. The van der Waals surface area contributed by atoms with E-state index in [1.807, 2.05) is 21.1 Å². The largest absolute Gasteiger partial charge is 0.756 e. The third-order valence-corrected chi connectivity index (χ3v) is 10.3. The van der Waals surface area contributed by atoms with Gasteiger partial charge < -0.3 is 37.4 Å². The quantitative estimate of drug-likeness (QED) is 0.0150. The molecule has 316 valence electrons. The van der Waals surface area contributed by atoms with Crippen LogP contribution in [0, 0.1) is 0 Å². The first-order valence-electron chi connectivity index (χ1n) is 21.1. The van der Waals surface area contributed by atoms with Gasteiger partial charge in [0.05, 0.1) is 33.9 Å². The zero-order valence-corrected chi connectivity index (χ0v) is 35.2. The highest BCUT2D eigenvalue weighted by atomic mass is 31.2. The van der Waals surface area contributed by atoms with Crippen LogP contribution in [0.5, 0.6) is 0 Å². The number of likely N-dealkylation sites (N-methyl/N-ethyl adjacent to an activating group) is 1. The molecule has 0 amide bonds. The molecule has 54 heavy (non-hydrogen) atoms. The molecule has 0 saturated carbocycles. The number of phosphoric acid groups is 1. The Morgan fingerprint density at radius 1 is 0.796 bits per heavy atom. The molecule has 1 aliphatic heterocycles. The van der Waals surface area contributed by atoms with Crippen molar-refractivity contribution >= 4 is 26.0 Å². The fourth-order valence-corrected chi connectivity index (χ4v) is 6.81. The van der Waals surface area contributed by atoms with Crippen molar-refractivity contribution in [3.8, 4) is 0 Å². The van der Waals surface area contributed by atoms with Crippen molar-refractivity contribution in [1.82, 2.24) is 0 Å². The summed E-state index contributed by atoms with van der Waals surface area (Å²) in [6.07, 6.45) is 26.5. The predicted molar refractivity (Wildman–Crippen MR) is 210 cm³/mol. The summed E-state index contributed by atoms with van der Waals surface area (Å²) in [6, 6.07) is 0. The van der Waals surface area contributed by atoms with E-state index < -0.39 is 32.5 Å². The van der Waals surface area contributed by atoms with Crippen LogP contribution in [-0.2, 0) is 46.9 Å². The van der Waals surface area contributed by atoms with Gasteiger partial charge in [-0.2, -0.15) is 0 Å². The molecule has 1 rings (SSSR count). The van der Waals surface area contributed by atoms with Gasteiger partial charge in [0.1, 0.15) is 26.0 Å². The van der Waals surface area contributed by atoms with Crippen molar-refractivity contribution in [2.45, 2.75) is 180 Å². The standard InChI is InChI=1S/C41H76NO11P/c1-5-6-7-8-9-10-11-12-13-14-15-18-21-28-39(44)49-35-38(36-51-54(46,47)50-34-31-42(2,3)4)52-40(45)29-22-19-16-17-20-26-37(27-25-32-43)53-41-30-23-24-33-48-41/h25,27,32,37-38,41H,5-24,26,28-31,33-36H2,1-4H3/b27-25+/t37?,38-,41?/m0/s1. The number of esters is 2. The number of aldehydes is 1. The Balaban J connectivity index is 2.40. The summed E-state index contributed by atoms with van der Waals surface area (Å²) in [5.41, 5.74) is 0. The van der Waals surface area contributed by atoms with Gasteiger partial charge in [-0.05, 0) is 44.6 Å². The van der Waals surface area contributed by atoms with Gasteiger partial charge in [-0.25, -0.2) is 0 Å².